The Morgan fingerprint density at radius 2 is 2.09 bits per heavy atom. The molecule has 0 atom stereocenters. The maximum atomic E-state index is 5.34. The van der Waals surface area contributed by atoms with Gasteiger partial charge in [-0.15, -0.1) is 0 Å². The van der Waals surface area contributed by atoms with Crippen LogP contribution < -0.4 is 10.1 Å². The number of fused-ring (bicyclic) bond motifs is 2. The average molecular weight is 290 g/mol. The predicted molar refractivity (Wildman–Crippen MR) is 85.9 cm³/mol. The summed E-state index contributed by atoms with van der Waals surface area (Å²) < 4.78 is 5.34. The van der Waals surface area contributed by atoms with Crippen LogP contribution in [0, 0.1) is 0 Å². The molecule has 22 heavy (non-hydrogen) atoms. The van der Waals surface area contributed by atoms with Gasteiger partial charge in [-0.1, -0.05) is 12.1 Å². The van der Waals surface area contributed by atoms with Crippen molar-refractivity contribution in [1.29, 1.82) is 0 Å². The molecule has 0 aliphatic carbocycles. The van der Waals surface area contributed by atoms with Crippen molar-refractivity contribution < 1.29 is 4.74 Å². The van der Waals surface area contributed by atoms with Crippen molar-refractivity contribution in [2.75, 3.05) is 19.0 Å². The van der Waals surface area contributed by atoms with Crippen molar-refractivity contribution in [3.63, 3.8) is 0 Å². The van der Waals surface area contributed by atoms with Gasteiger partial charge >= 0.3 is 0 Å². The summed E-state index contributed by atoms with van der Waals surface area (Å²) >= 11 is 0. The Morgan fingerprint density at radius 1 is 1.14 bits per heavy atom. The summed E-state index contributed by atoms with van der Waals surface area (Å²) in [6.45, 7) is 0.764. The Hall–Kier alpha value is -2.95. The van der Waals surface area contributed by atoms with Crippen molar-refractivity contribution in [3.8, 4) is 5.88 Å². The zero-order valence-electron chi connectivity index (χ0n) is 12.1. The molecular formula is C17H14N4O. The van der Waals surface area contributed by atoms with E-state index >= 15 is 0 Å². The van der Waals surface area contributed by atoms with Gasteiger partial charge in [0.15, 0.2) is 0 Å². The highest BCUT2D eigenvalue weighted by atomic mass is 16.5. The fraction of sp³-hybridized carbons (Fsp3) is 0.118. The van der Waals surface area contributed by atoms with Crippen LogP contribution in [0.1, 0.15) is 11.1 Å². The number of hydrogen-bond donors (Lipinski definition) is 1. The van der Waals surface area contributed by atoms with Crippen molar-refractivity contribution in [1.82, 2.24) is 15.0 Å². The minimum Gasteiger partial charge on any atom is -0.480 e. The number of hydrogen-bond acceptors (Lipinski definition) is 5. The summed E-state index contributed by atoms with van der Waals surface area (Å²) in [5.74, 6) is 1.50. The van der Waals surface area contributed by atoms with Crippen molar-refractivity contribution in [2.24, 2.45) is 0 Å². The number of nitrogens with one attached hydrogen (secondary N) is 1. The summed E-state index contributed by atoms with van der Waals surface area (Å²) in [6, 6.07) is 10.2. The summed E-state index contributed by atoms with van der Waals surface area (Å²) in [5, 5.41) is 4.19. The number of pyridine rings is 1. The lowest BCUT2D eigenvalue weighted by atomic mass is 9.95. The highest BCUT2D eigenvalue weighted by Gasteiger charge is 2.15. The minimum absolute atomic E-state index is 0.591. The quantitative estimate of drug-likeness (QED) is 0.786. The third-order valence-electron chi connectivity index (χ3n) is 3.78. The van der Waals surface area contributed by atoms with Gasteiger partial charge in [0.2, 0.25) is 5.88 Å². The summed E-state index contributed by atoms with van der Waals surface area (Å²) in [6.07, 6.45) is 5.48. The molecule has 0 amide bonds. The molecule has 108 valence electrons. The van der Waals surface area contributed by atoms with Crippen LogP contribution in [0.3, 0.4) is 0 Å². The fourth-order valence-corrected chi connectivity index (χ4v) is 2.76. The number of ether oxygens (including phenoxy) is 1. The zero-order chi connectivity index (χ0) is 14.9. The highest BCUT2D eigenvalue weighted by molar-refractivity contribution is 5.92. The lowest BCUT2D eigenvalue weighted by Crippen LogP contribution is -2.10. The summed E-state index contributed by atoms with van der Waals surface area (Å²) in [7, 11) is 1.62. The third-order valence-corrected chi connectivity index (χ3v) is 3.78. The number of benzene rings is 1. The molecule has 0 saturated carbocycles. The van der Waals surface area contributed by atoms with E-state index in [0.29, 0.717) is 5.88 Å². The molecule has 1 aliphatic heterocycles. The second kappa shape index (κ2) is 5.11. The monoisotopic (exact) mass is 290 g/mol. The molecular weight excluding hydrogens is 276 g/mol. The van der Waals surface area contributed by atoms with Gasteiger partial charge in [0.25, 0.3) is 0 Å². The van der Waals surface area contributed by atoms with E-state index in [0.717, 1.165) is 40.0 Å². The van der Waals surface area contributed by atoms with E-state index in [4.69, 9.17) is 4.74 Å². The van der Waals surface area contributed by atoms with Gasteiger partial charge in [0.05, 0.1) is 18.0 Å². The standard InChI is InChI=1S/C17H14N4O/c1-22-17-14-9-11(4-5-15(14)20-10-21-17)12-6-8-19-16-13(12)3-2-7-18-16/h2-7,9-10H,8H2,1H3,(H,18,19). The van der Waals surface area contributed by atoms with E-state index in [1.54, 1.807) is 13.3 Å². The zero-order valence-corrected chi connectivity index (χ0v) is 12.1. The van der Waals surface area contributed by atoms with E-state index in [9.17, 15) is 0 Å². The van der Waals surface area contributed by atoms with Crippen molar-refractivity contribution >= 4 is 22.3 Å². The lowest BCUT2D eigenvalue weighted by molar-refractivity contribution is 0.402. The van der Waals surface area contributed by atoms with Crippen LogP contribution >= 0.6 is 0 Å². The minimum atomic E-state index is 0.591. The molecule has 5 nitrogen and oxygen atoms in total. The Balaban J connectivity index is 1.90. The van der Waals surface area contributed by atoms with Gasteiger partial charge in [-0.2, -0.15) is 0 Å². The topological polar surface area (TPSA) is 59.9 Å². The largest absolute Gasteiger partial charge is 0.480 e. The maximum absolute atomic E-state index is 5.34. The first kappa shape index (κ1) is 12.8. The van der Waals surface area contributed by atoms with Crippen LogP contribution in [0.15, 0.2) is 48.9 Å². The fourth-order valence-electron chi connectivity index (χ4n) is 2.76. The SMILES string of the molecule is COc1ncnc2ccc(C3=CCNc4ncccc43)cc12. The molecule has 0 saturated heterocycles. The number of aromatic nitrogens is 3. The molecule has 0 fully saturated rings. The van der Waals surface area contributed by atoms with Crippen LogP contribution in [0.25, 0.3) is 16.5 Å². The second-order valence-corrected chi connectivity index (χ2v) is 5.01. The van der Waals surface area contributed by atoms with E-state index in [2.05, 4.69) is 44.5 Å². The normalized spacial score (nSPS) is 13.2. The Labute approximate surface area is 127 Å². The summed E-state index contributed by atoms with van der Waals surface area (Å²) in [5.41, 5.74) is 4.24. The molecule has 0 radical (unpaired) electrons. The van der Waals surface area contributed by atoms with Gasteiger partial charge in [-0.05, 0) is 35.4 Å². The Kier molecular flexibility index (Phi) is 2.96. The molecule has 0 unspecified atom stereocenters. The predicted octanol–water partition coefficient (Wildman–Crippen LogP) is 2.89. The van der Waals surface area contributed by atoms with Crippen LogP contribution in [0.2, 0.25) is 0 Å². The van der Waals surface area contributed by atoms with Crippen LogP contribution in [-0.2, 0) is 0 Å². The first-order valence-corrected chi connectivity index (χ1v) is 7.05. The van der Waals surface area contributed by atoms with Crippen LogP contribution in [-0.4, -0.2) is 28.6 Å². The van der Waals surface area contributed by atoms with E-state index in [-0.39, 0.29) is 0 Å². The maximum Gasteiger partial charge on any atom is 0.224 e. The van der Waals surface area contributed by atoms with E-state index < -0.39 is 0 Å². The molecule has 1 N–H and O–H groups in total. The first-order chi connectivity index (χ1) is 10.9. The molecule has 4 rings (SSSR count). The third kappa shape index (κ3) is 1.98. The molecule has 1 aromatic carbocycles. The highest BCUT2D eigenvalue weighted by Crippen LogP contribution is 2.33. The van der Waals surface area contributed by atoms with Gasteiger partial charge in [-0.25, -0.2) is 15.0 Å². The number of rotatable bonds is 2. The van der Waals surface area contributed by atoms with Crippen LogP contribution in [0.4, 0.5) is 5.82 Å². The lowest BCUT2D eigenvalue weighted by Gasteiger charge is -2.18. The smallest absolute Gasteiger partial charge is 0.224 e. The van der Waals surface area contributed by atoms with Gasteiger partial charge in [-0.3, -0.25) is 0 Å². The Morgan fingerprint density at radius 3 is 3.00 bits per heavy atom. The molecule has 3 heterocycles. The van der Waals surface area contributed by atoms with E-state index in [1.165, 1.54) is 6.33 Å². The average Bonchev–Trinajstić information content (AvgIpc) is 2.60. The van der Waals surface area contributed by atoms with Gasteiger partial charge < -0.3 is 10.1 Å². The van der Waals surface area contributed by atoms with Crippen LogP contribution in [0.5, 0.6) is 5.88 Å². The second-order valence-electron chi connectivity index (χ2n) is 5.01. The number of anilines is 1. The van der Waals surface area contributed by atoms with E-state index in [1.807, 2.05) is 12.1 Å². The van der Waals surface area contributed by atoms with Crippen molar-refractivity contribution in [2.45, 2.75) is 0 Å². The number of methoxy groups -OCH3 is 1. The molecule has 0 bridgehead atoms. The van der Waals surface area contributed by atoms with Gasteiger partial charge in [0.1, 0.15) is 12.1 Å². The molecule has 2 aromatic heterocycles. The van der Waals surface area contributed by atoms with Gasteiger partial charge in [0, 0.05) is 18.3 Å². The molecule has 1 aliphatic rings. The Bertz CT molecular complexity index is 889. The molecule has 0 spiro atoms. The molecule has 5 heteroatoms. The summed E-state index contributed by atoms with van der Waals surface area (Å²) in [4.78, 5) is 12.9. The molecule has 3 aromatic rings. The van der Waals surface area contributed by atoms with Crippen molar-refractivity contribution in [3.05, 3.63) is 60.1 Å². The first-order valence-electron chi connectivity index (χ1n) is 7.05. The number of nitrogens with zero attached hydrogens (tertiary/aromatic N) is 3.